The molecule has 1 heterocycles. The van der Waals surface area contributed by atoms with Gasteiger partial charge in [-0.3, -0.25) is 0 Å². The van der Waals surface area contributed by atoms with Gasteiger partial charge in [-0.1, -0.05) is 80.0 Å². The van der Waals surface area contributed by atoms with E-state index in [1.54, 1.807) is 12.1 Å². The van der Waals surface area contributed by atoms with E-state index in [-0.39, 0.29) is 29.0 Å². The highest BCUT2D eigenvalue weighted by atomic mass is 79.9. The maximum atomic E-state index is 11.7. The number of methoxy groups -OCH3 is 1. The Labute approximate surface area is 205 Å². The number of carbonyl (C=O) groups is 1. The molecule has 0 amide bonds. The number of esters is 1. The van der Waals surface area contributed by atoms with Crippen molar-refractivity contribution in [3.8, 4) is 0 Å². The number of benzene rings is 2. The topological polar surface area (TPSA) is 44.8 Å². The summed E-state index contributed by atoms with van der Waals surface area (Å²) in [5.74, 6) is -0.922. The first-order valence-corrected chi connectivity index (χ1v) is 12.5. The van der Waals surface area contributed by atoms with Crippen molar-refractivity contribution in [3.05, 3.63) is 69.8 Å². The number of fused-ring (bicyclic) bond motifs is 2. The molecule has 0 spiro atoms. The third kappa shape index (κ3) is 4.20. The zero-order chi connectivity index (χ0) is 24.2. The summed E-state index contributed by atoms with van der Waals surface area (Å²) in [7, 11) is 1.39. The van der Waals surface area contributed by atoms with Crippen LogP contribution in [0.2, 0.25) is 0 Å². The quantitative estimate of drug-likeness (QED) is 0.262. The third-order valence-electron chi connectivity index (χ3n) is 7.12. The van der Waals surface area contributed by atoms with Crippen LogP contribution in [0.5, 0.6) is 0 Å². The van der Waals surface area contributed by atoms with Gasteiger partial charge in [0.05, 0.1) is 24.9 Å². The minimum atomic E-state index is -0.594. The van der Waals surface area contributed by atoms with Crippen LogP contribution in [0.15, 0.2) is 36.4 Å². The Morgan fingerprint density at radius 3 is 2.00 bits per heavy atom. The van der Waals surface area contributed by atoms with Gasteiger partial charge in [0.25, 0.3) is 0 Å². The van der Waals surface area contributed by atoms with Crippen LogP contribution in [-0.4, -0.2) is 31.1 Å². The van der Waals surface area contributed by atoms with Crippen LogP contribution in [0.25, 0.3) is 12.2 Å². The number of alkyl halides is 1. The molecule has 1 fully saturated rings. The predicted molar refractivity (Wildman–Crippen MR) is 136 cm³/mol. The van der Waals surface area contributed by atoms with Crippen molar-refractivity contribution in [3.63, 3.8) is 0 Å². The lowest BCUT2D eigenvalue weighted by Gasteiger charge is -2.48. The van der Waals surface area contributed by atoms with E-state index >= 15 is 0 Å². The molecule has 2 aromatic carbocycles. The van der Waals surface area contributed by atoms with Gasteiger partial charge < -0.3 is 14.2 Å². The minimum Gasteiger partial charge on any atom is -0.465 e. The summed E-state index contributed by atoms with van der Waals surface area (Å²) in [5, 5.41) is 0.759. The Kier molecular flexibility index (Phi) is 6.13. The molecule has 2 aliphatic rings. The van der Waals surface area contributed by atoms with E-state index in [1.165, 1.54) is 29.4 Å². The van der Waals surface area contributed by atoms with Gasteiger partial charge in [-0.25, -0.2) is 4.79 Å². The first-order chi connectivity index (χ1) is 15.4. The van der Waals surface area contributed by atoms with Crippen LogP contribution in [0.3, 0.4) is 0 Å². The smallest absolute Gasteiger partial charge is 0.337 e. The van der Waals surface area contributed by atoms with Crippen molar-refractivity contribution in [1.29, 1.82) is 0 Å². The Bertz CT molecular complexity index is 1100. The summed E-state index contributed by atoms with van der Waals surface area (Å²) in [5.41, 5.74) is 6.23. The fourth-order valence-electron chi connectivity index (χ4n) is 5.15. The van der Waals surface area contributed by atoms with Gasteiger partial charge in [0.2, 0.25) is 0 Å². The van der Waals surface area contributed by atoms with E-state index in [9.17, 15) is 4.79 Å². The summed E-state index contributed by atoms with van der Waals surface area (Å²) in [6.45, 7) is 13.1. The molecule has 4 rings (SSSR count). The van der Waals surface area contributed by atoms with Crippen molar-refractivity contribution in [2.45, 2.75) is 75.7 Å². The van der Waals surface area contributed by atoms with Gasteiger partial charge >= 0.3 is 5.97 Å². The minimum absolute atomic E-state index is 0.00658. The van der Waals surface area contributed by atoms with E-state index in [0.29, 0.717) is 5.56 Å². The SMILES string of the molecule is COC(=O)c1ccc(C=Cc2cc3c(cc2CBr)C(C)(C)C2OC(C)(C)O[C@H]2C3(C)C)cc1. The lowest BCUT2D eigenvalue weighted by atomic mass is 9.59. The van der Waals surface area contributed by atoms with Gasteiger partial charge in [-0.2, -0.15) is 0 Å². The number of hydrogen-bond acceptors (Lipinski definition) is 4. The Morgan fingerprint density at radius 2 is 1.48 bits per heavy atom. The fraction of sp³-hybridized carbons (Fsp3) is 0.464. The molecule has 2 atom stereocenters. The molecule has 1 unspecified atom stereocenters. The molecule has 1 aliphatic carbocycles. The first-order valence-electron chi connectivity index (χ1n) is 11.4. The monoisotopic (exact) mass is 512 g/mol. The summed E-state index contributed by atoms with van der Waals surface area (Å²) in [4.78, 5) is 11.7. The molecule has 1 saturated heterocycles. The fourth-order valence-corrected chi connectivity index (χ4v) is 5.64. The van der Waals surface area contributed by atoms with Crippen LogP contribution >= 0.6 is 15.9 Å². The molecule has 0 bridgehead atoms. The number of halogens is 1. The molecule has 5 heteroatoms. The highest BCUT2D eigenvalue weighted by Gasteiger charge is 2.59. The molecular formula is C28H33BrO4. The Morgan fingerprint density at radius 1 is 0.939 bits per heavy atom. The normalized spacial score (nSPS) is 24.4. The molecule has 33 heavy (non-hydrogen) atoms. The van der Waals surface area contributed by atoms with Gasteiger partial charge in [0, 0.05) is 16.2 Å². The molecular weight excluding hydrogens is 480 g/mol. The summed E-state index contributed by atoms with van der Waals surface area (Å²) < 4.78 is 17.6. The van der Waals surface area contributed by atoms with Crippen molar-refractivity contribution >= 4 is 34.1 Å². The second kappa shape index (κ2) is 8.37. The van der Waals surface area contributed by atoms with E-state index < -0.39 is 5.79 Å². The first kappa shape index (κ1) is 24.2. The lowest BCUT2D eigenvalue weighted by Crippen LogP contribution is -2.54. The third-order valence-corrected chi connectivity index (χ3v) is 7.72. The van der Waals surface area contributed by atoms with Crippen molar-refractivity contribution in [2.75, 3.05) is 7.11 Å². The van der Waals surface area contributed by atoms with E-state index in [0.717, 1.165) is 10.9 Å². The lowest BCUT2D eigenvalue weighted by molar-refractivity contribution is -0.153. The standard InChI is InChI=1S/C28H33BrO4/c1-26(2)21-14-19(13-10-17-8-11-18(12-9-17)25(30)31-7)20(16-29)15-22(21)27(3,4)24-23(26)32-28(5,6)33-24/h8-15,23-24H,16H2,1-7H3/t23-,24?/m1/s1. The van der Waals surface area contributed by atoms with Gasteiger partial charge in [0.15, 0.2) is 5.79 Å². The molecule has 4 nitrogen and oxygen atoms in total. The Balaban J connectivity index is 1.75. The highest BCUT2D eigenvalue weighted by Crippen LogP contribution is 2.54. The van der Waals surface area contributed by atoms with E-state index in [1.807, 2.05) is 26.0 Å². The van der Waals surface area contributed by atoms with Crippen molar-refractivity contribution in [2.24, 2.45) is 0 Å². The van der Waals surface area contributed by atoms with Crippen LogP contribution in [-0.2, 0) is 30.4 Å². The average molecular weight is 513 g/mol. The molecule has 0 saturated carbocycles. The summed E-state index contributed by atoms with van der Waals surface area (Å²) in [6.07, 6.45) is 4.20. The van der Waals surface area contributed by atoms with Crippen LogP contribution in [0.1, 0.15) is 79.7 Å². The molecule has 0 radical (unpaired) electrons. The number of hydrogen-bond donors (Lipinski definition) is 0. The van der Waals surface area contributed by atoms with Crippen LogP contribution in [0, 0.1) is 0 Å². The van der Waals surface area contributed by atoms with Crippen LogP contribution in [0.4, 0.5) is 0 Å². The second-order valence-corrected chi connectivity index (χ2v) is 11.2. The molecule has 0 aromatic heterocycles. The Hall–Kier alpha value is -1.95. The maximum absolute atomic E-state index is 11.7. The van der Waals surface area contributed by atoms with Gasteiger partial charge in [-0.15, -0.1) is 0 Å². The van der Waals surface area contributed by atoms with E-state index in [4.69, 9.17) is 14.2 Å². The zero-order valence-electron chi connectivity index (χ0n) is 20.5. The summed E-state index contributed by atoms with van der Waals surface area (Å²) in [6, 6.07) is 12.1. The summed E-state index contributed by atoms with van der Waals surface area (Å²) >= 11 is 3.70. The maximum Gasteiger partial charge on any atom is 0.337 e. The van der Waals surface area contributed by atoms with Gasteiger partial charge in [-0.05, 0) is 53.8 Å². The van der Waals surface area contributed by atoms with E-state index in [2.05, 4.69) is 67.9 Å². The molecule has 0 N–H and O–H groups in total. The highest BCUT2D eigenvalue weighted by molar-refractivity contribution is 9.08. The largest absolute Gasteiger partial charge is 0.465 e. The van der Waals surface area contributed by atoms with Crippen LogP contribution < -0.4 is 0 Å². The second-order valence-electron chi connectivity index (χ2n) is 10.6. The van der Waals surface area contributed by atoms with Gasteiger partial charge in [0.1, 0.15) is 0 Å². The predicted octanol–water partition coefficient (Wildman–Crippen LogP) is 6.63. The number of ether oxygens (including phenoxy) is 3. The average Bonchev–Trinajstić information content (AvgIpc) is 3.13. The molecule has 2 aromatic rings. The molecule has 176 valence electrons. The zero-order valence-corrected chi connectivity index (χ0v) is 22.1. The number of rotatable bonds is 4. The van der Waals surface area contributed by atoms with Crippen molar-refractivity contribution in [1.82, 2.24) is 0 Å². The number of carbonyl (C=O) groups excluding carboxylic acids is 1. The van der Waals surface area contributed by atoms with Crippen molar-refractivity contribution < 1.29 is 19.0 Å². The molecule has 1 aliphatic heterocycles.